The monoisotopic (exact) mass is 486 g/mol. The van der Waals surface area contributed by atoms with Gasteiger partial charge in [0.15, 0.2) is 0 Å². The highest BCUT2D eigenvalue weighted by molar-refractivity contribution is 6.31. The molecule has 184 valence electrons. The standard InChI is InChI=1S/C27H26N4O5/c1-4-36-25(34)20-22(28)31(16-10-6-5-7-11-16)21-19(23(32)30(24(21)33)14-15(2)3)27(20)17-12-8-9-13-18(17)29-26(27)35/h5-13,15H,4,14,28H2,1-3H3,(H,29,35)/t27-/m0/s1. The zero-order chi connectivity index (χ0) is 25.8. The highest BCUT2D eigenvalue weighted by atomic mass is 16.5. The van der Waals surface area contributed by atoms with Crippen molar-refractivity contribution in [1.29, 1.82) is 0 Å². The first-order chi connectivity index (χ1) is 17.2. The van der Waals surface area contributed by atoms with E-state index in [9.17, 15) is 19.2 Å². The Morgan fingerprint density at radius 1 is 1.03 bits per heavy atom. The van der Waals surface area contributed by atoms with E-state index < -0.39 is 29.1 Å². The number of carbonyl (C=O) groups excluding carboxylic acids is 4. The van der Waals surface area contributed by atoms with Gasteiger partial charge in [0, 0.05) is 23.5 Å². The van der Waals surface area contributed by atoms with E-state index in [-0.39, 0.29) is 41.7 Å². The number of benzene rings is 2. The van der Waals surface area contributed by atoms with Gasteiger partial charge in [-0.25, -0.2) is 4.79 Å². The smallest absolute Gasteiger partial charge is 0.339 e. The van der Waals surface area contributed by atoms with Gasteiger partial charge in [-0.05, 0) is 31.0 Å². The molecule has 0 saturated carbocycles. The van der Waals surface area contributed by atoms with Crippen LogP contribution < -0.4 is 16.0 Å². The molecule has 0 bridgehead atoms. The minimum atomic E-state index is -1.94. The first-order valence-electron chi connectivity index (χ1n) is 11.8. The fourth-order valence-corrected chi connectivity index (χ4v) is 5.25. The average Bonchev–Trinajstić information content (AvgIpc) is 3.26. The van der Waals surface area contributed by atoms with Crippen molar-refractivity contribution in [1.82, 2.24) is 4.90 Å². The minimum absolute atomic E-state index is 0.0263. The maximum absolute atomic E-state index is 14.0. The van der Waals surface area contributed by atoms with Crippen molar-refractivity contribution in [2.24, 2.45) is 11.7 Å². The van der Waals surface area contributed by atoms with Crippen LogP contribution in [0.5, 0.6) is 0 Å². The number of rotatable bonds is 5. The fourth-order valence-electron chi connectivity index (χ4n) is 5.25. The first kappa shape index (κ1) is 23.3. The van der Waals surface area contributed by atoms with E-state index in [1.54, 1.807) is 61.5 Å². The molecule has 0 unspecified atom stereocenters. The molecule has 0 radical (unpaired) electrons. The van der Waals surface area contributed by atoms with E-state index in [0.29, 0.717) is 16.9 Å². The summed E-state index contributed by atoms with van der Waals surface area (Å²) in [7, 11) is 0. The molecule has 0 fully saturated rings. The number of ether oxygens (including phenoxy) is 1. The van der Waals surface area contributed by atoms with Crippen LogP contribution in [0.25, 0.3) is 0 Å². The predicted molar refractivity (Wildman–Crippen MR) is 132 cm³/mol. The van der Waals surface area contributed by atoms with Crippen molar-refractivity contribution >= 4 is 35.1 Å². The Morgan fingerprint density at radius 3 is 2.36 bits per heavy atom. The molecular formula is C27H26N4O5. The minimum Gasteiger partial charge on any atom is -0.462 e. The number of fused-ring (bicyclic) bond motifs is 3. The molecule has 1 atom stereocenters. The molecule has 9 nitrogen and oxygen atoms in total. The largest absolute Gasteiger partial charge is 0.462 e. The molecule has 1 spiro atoms. The maximum Gasteiger partial charge on any atom is 0.339 e. The van der Waals surface area contributed by atoms with E-state index in [1.807, 2.05) is 13.8 Å². The lowest BCUT2D eigenvalue weighted by atomic mass is 9.66. The third kappa shape index (κ3) is 3.02. The quantitative estimate of drug-likeness (QED) is 0.492. The van der Waals surface area contributed by atoms with Crippen molar-refractivity contribution in [3.8, 4) is 0 Å². The van der Waals surface area contributed by atoms with Crippen LogP contribution in [0.2, 0.25) is 0 Å². The van der Waals surface area contributed by atoms with Crippen LogP contribution in [0.4, 0.5) is 11.4 Å². The predicted octanol–water partition coefficient (Wildman–Crippen LogP) is 2.41. The fraction of sp³-hybridized carbons (Fsp3) is 0.259. The summed E-state index contributed by atoms with van der Waals surface area (Å²) in [6.07, 6.45) is 0. The Kier molecular flexibility index (Phi) is 5.43. The Hall–Kier alpha value is -4.40. The number of hydrogen-bond donors (Lipinski definition) is 2. The van der Waals surface area contributed by atoms with Crippen LogP contribution in [-0.4, -0.2) is 41.7 Å². The van der Waals surface area contributed by atoms with Gasteiger partial charge in [-0.2, -0.15) is 0 Å². The molecule has 3 aliphatic rings. The van der Waals surface area contributed by atoms with Gasteiger partial charge in [-0.1, -0.05) is 50.2 Å². The summed E-state index contributed by atoms with van der Waals surface area (Å²) in [5.41, 5.74) is 5.68. The van der Waals surface area contributed by atoms with E-state index >= 15 is 0 Å². The number of anilines is 2. The van der Waals surface area contributed by atoms with Crippen LogP contribution in [0.15, 0.2) is 77.3 Å². The highest BCUT2D eigenvalue weighted by Gasteiger charge is 2.65. The second-order valence-corrected chi connectivity index (χ2v) is 9.24. The number of esters is 1. The number of carbonyl (C=O) groups is 4. The third-order valence-electron chi connectivity index (χ3n) is 6.58. The molecule has 0 saturated heterocycles. The Balaban J connectivity index is 1.90. The van der Waals surface area contributed by atoms with Crippen LogP contribution in [-0.2, 0) is 29.3 Å². The molecule has 2 aromatic rings. The Morgan fingerprint density at radius 2 is 1.69 bits per heavy atom. The van der Waals surface area contributed by atoms with E-state index in [0.717, 1.165) is 4.90 Å². The SMILES string of the molecule is CCOC(=O)C1=C(N)N(c2ccccc2)C2=C(C(=O)N(CC(C)C)C2=O)[C@]12C(=O)Nc1ccccc12. The highest BCUT2D eigenvalue weighted by Crippen LogP contribution is 2.55. The topological polar surface area (TPSA) is 122 Å². The lowest BCUT2D eigenvalue weighted by Gasteiger charge is -2.39. The van der Waals surface area contributed by atoms with Crippen LogP contribution in [0.3, 0.4) is 0 Å². The molecule has 9 heteroatoms. The second-order valence-electron chi connectivity index (χ2n) is 9.24. The molecule has 2 aromatic carbocycles. The summed E-state index contributed by atoms with van der Waals surface area (Å²) in [6.45, 7) is 5.58. The number of hydrogen-bond acceptors (Lipinski definition) is 7. The van der Waals surface area contributed by atoms with Gasteiger partial charge in [0.05, 0.1) is 12.2 Å². The zero-order valence-corrected chi connectivity index (χ0v) is 20.2. The second kappa shape index (κ2) is 8.37. The summed E-state index contributed by atoms with van der Waals surface area (Å²) >= 11 is 0. The summed E-state index contributed by atoms with van der Waals surface area (Å²) in [6, 6.07) is 15.5. The number of imide groups is 1. The number of nitrogens with one attached hydrogen (secondary N) is 1. The van der Waals surface area contributed by atoms with Crippen molar-refractivity contribution in [3.63, 3.8) is 0 Å². The normalized spacial score (nSPS) is 20.9. The number of para-hydroxylation sites is 2. The maximum atomic E-state index is 14.0. The summed E-state index contributed by atoms with van der Waals surface area (Å²) in [5.74, 6) is -2.85. The van der Waals surface area contributed by atoms with Crippen LogP contribution in [0, 0.1) is 5.92 Å². The zero-order valence-electron chi connectivity index (χ0n) is 20.2. The lowest BCUT2D eigenvalue weighted by molar-refractivity contribution is -0.140. The molecule has 0 aromatic heterocycles. The van der Waals surface area contributed by atoms with Gasteiger partial charge < -0.3 is 15.8 Å². The summed E-state index contributed by atoms with van der Waals surface area (Å²) in [4.78, 5) is 57.8. The number of nitrogens with zero attached hydrogens (tertiary/aromatic N) is 2. The van der Waals surface area contributed by atoms with E-state index in [1.165, 1.54) is 4.90 Å². The average molecular weight is 487 g/mol. The van der Waals surface area contributed by atoms with Crippen molar-refractivity contribution in [3.05, 3.63) is 82.8 Å². The van der Waals surface area contributed by atoms with Gasteiger partial charge in [0.25, 0.3) is 11.8 Å². The van der Waals surface area contributed by atoms with E-state index in [2.05, 4.69) is 5.32 Å². The van der Waals surface area contributed by atoms with Gasteiger partial charge in [-0.3, -0.25) is 24.2 Å². The molecular weight excluding hydrogens is 460 g/mol. The van der Waals surface area contributed by atoms with Crippen LogP contribution in [0.1, 0.15) is 26.3 Å². The van der Waals surface area contributed by atoms with E-state index in [4.69, 9.17) is 10.5 Å². The molecule has 3 amide bonds. The molecule has 0 aliphatic carbocycles. The van der Waals surface area contributed by atoms with Gasteiger partial charge >= 0.3 is 5.97 Å². The molecule has 3 heterocycles. The Labute approximate surface area is 208 Å². The van der Waals surface area contributed by atoms with Gasteiger partial charge in [0.2, 0.25) is 5.91 Å². The summed E-state index contributed by atoms with van der Waals surface area (Å²) in [5, 5.41) is 2.79. The van der Waals surface area contributed by atoms with Crippen molar-refractivity contribution in [2.45, 2.75) is 26.2 Å². The first-order valence-corrected chi connectivity index (χ1v) is 11.8. The molecule has 36 heavy (non-hydrogen) atoms. The summed E-state index contributed by atoms with van der Waals surface area (Å²) < 4.78 is 5.37. The Bertz CT molecular complexity index is 1380. The number of amides is 3. The third-order valence-corrected chi connectivity index (χ3v) is 6.58. The van der Waals surface area contributed by atoms with Gasteiger partial charge in [-0.15, -0.1) is 0 Å². The van der Waals surface area contributed by atoms with Gasteiger partial charge in [0.1, 0.15) is 22.5 Å². The molecule has 3 aliphatic heterocycles. The molecule has 3 N–H and O–H groups in total. The number of nitrogens with two attached hydrogens (primary N) is 1. The molecule has 5 rings (SSSR count). The van der Waals surface area contributed by atoms with Crippen molar-refractivity contribution in [2.75, 3.05) is 23.4 Å². The van der Waals surface area contributed by atoms with Crippen LogP contribution >= 0.6 is 0 Å². The van der Waals surface area contributed by atoms with Crippen molar-refractivity contribution < 1.29 is 23.9 Å². The lowest BCUT2D eigenvalue weighted by Crippen LogP contribution is -2.51.